The van der Waals surface area contributed by atoms with Crippen LogP contribution in [0.15, 0.2) is 237 Å². The van der Waals surface area contributed by atoms with Gasteiger partial charge in [0.15, 0.2) is 5.82 Å². The highest BCUT2D eigenvalue weighted by molar-refractivity contribution is 6.14. The fraction of sp³-hybridized carbons (Fsp3) is 0. The summed E-state index contributed by atoms with van der Waals surface area (Å²) >= 11 is 0. The molecule has 0 unspecified atom stereocenters. The van der Waals surface area contributed by atoms with E-state index in [1.54, 1.807) is 0 Å². The van der Waals surface area contributed by atoms with Crippen molar-refractivity contribution < 1.29 is 0 Å². The molecule has 61 heavy (non-hydrogen) atoms. The summed E-state index contributed by atoms with van der Waals surface area (Å²) in [4.78, 5) is 11.1. The maximum atomic E-state index is 5.58. The summed E-state index contributed by atoms with van der Waals surface area (Å²) in [6, 6.07) is 84.1. The van der Waals surface area contributed by atoms with E-state index in [2.05, 4.69) is 241 Å². The van der Waals surface area contributed by atoms with Gasteiger partial charge in [-0.25, -0.2) is 9.97 Å². The summed E-state index contributed by atoms with van der Waals surface area (Å²) in [5.41, 5.74) is 17.5. The van der Waals surface area contributed by atoms with E-state index < -0.39 is 0 Å². The minimum atomic E-state index is 0.670. The molecule has 3 heteroatoms. The van der Waals surface area contributed by atoms with Gasteiger partial charge in [-0.2, -0.15) is 0 Å². The van der Waals surface area contributed by atoms with E-state index in [9.17, 15) is 0 Å². The first kappa shape index (κ1) is 36.0. The number of hydrogen-bond acceptors (Lipinski definition) is 2. The van der Waals surface area contributed by atoms with Crippen LogP contribution in [-0.2, 0) is 0 Å². The molecule has 2 heterocycles. The van der Waals surface area contributed by atoms with Gasteiger partial charge in [0, 0.05) is 22.2 Å². The van der Waals surface area contributed by atoms with Gasteiger partial charge in [0.2, 0.25) is 0 Å². The SMILES string of the molecule is c1ccc(-c2ccc(-c3cccc(-c4cccc(-c5nc(-c6cc(-c7ccccc7)cc(-c7ccccc7)c6)c6c7ccccc7n(-c7ccccc7)c6n5)c4)c3)cc2)cc1. The quantitative estimate of drug-likeness (QED) is 0.154. The zero-order chi connectivity index (χ0) is 40.5. The molecule has 0 aliphatic heterocycles. The van der Waals surface area contributed by atoms with E-state index in [0.29, 0.717) is 5.82 Å². The van der Waals surface area contributed by atoms with Crippen molar-refractivity contribution in [1.29, 1.82) is 0 Å². The van der Waals surface area contributed by atoms with Gasteiger partial charge in [0.25, 0.3) is 0 Å². The van der Waals surface area contributed by atoms with Gasteiger partial charge in [-0.1, -0.05) is 188 Å². The van der Waals surface area contributed by atoms with Crippen LogP contribution in [0, 0.1) is 0 Å². The van der Waals surface area contributed by atoms with Crippen LogP contribution >= 0.6 is 0 Å². The van der Waals surface area contributed by atoms with Gasteiger partial charge in [-0.3, -0.25) is 4.57 Å². The lowest BCUT2D eigenvalue weighted by Gasteiger charge is -2.14. The Labute approximate surface area is 355 Å². The smallest absolute Gasteiger partial charge is 0.162 e. The lowest BCUT2D eigenvalue weighted by molar-refractivity contribution is 1.11. The second-order valence-corrected chi connectivity index (χ2v) is 15.4. The van der Waals surface area contributed by atoms with Crippen LogP contribution in [0.1, 0.15) is 0 Å². The van der Waals surface area contributed by atoms with Crippen molar-refractivity contribution in [3.05, 3.63) is 237 Å². The van der Waals surface area contributed by atoms with Crippen molar-refractivity contribution in [3.63, 3.8) is 0 Å². The van der Waals surface area contributed by atoms with Crippen molar-refractivity contribution in [2.45, 2.75) is 0 Å². The van der Waals surface area contributed by atoms with E-state index in [0.717, 1.165) is 77.8 Å². The van der Waals surface area contributed by atoms with Gasteiger partial charge < -0.3 is 0 Å². The zero-order valence-electron chi connectivity index (χ0n) is 33.4. The lowest BCUT2D eigenvalue weighted by atomic mass is 9.94. The molecule has 11 rings (SSSR count). The largest absolute Gasteiger partial charge is 0.294 e. The Hall–Kier alpha value is -8.14. The van der Waals surface area contributed by atoms with Gasteiger partial charge >= 0.3 is 0 Å². The standard InChI is InChI=1S/C58H39N3/c1-5-17-40(18-6-1)43-31-33-44(34-32-43)45-23-15-24-46(35-45)47-25-16-26-48(36-47)57-59-56(55-53-29-13-14-30-54(53)61(58(55)60-57)52-27-11-4-12-28-52)51-38-49(41-19-7-2-8-20-41)37-50(39-51)42-21-9-3-10-22-42/h1-39H. The Kier molecular flexibility index (Phi) is 9.18. The first-order valence-electron chi connectivity index (χ1n) is 20.7. The van der Waals surface area contributed by atoms with Crippen LogP contribution in [0.4, 0.5) is 0 Å². The highest BCUT2D eigenvalue weighted by Gasteiger charge is 2.22. The van der Waals surface area contributed by atoms with E-state index in [-0.39, 0.29) is 0 Å². The normalized spacial score (nSPS) is 11.3. The second-order valence-electron chi connectivity index (χ2n) is 15.4. The average molecular weight is 778 g/mol. The second kappa shape index (κ2) is 15.6. The number of rotatable bonds is 8. The van der Waals surface area contributed by atoms with Crippen molar-refractivity contribution in [1.82, 2.24) is 14.5 Å². The predicted octanol–water partition coefficient (Wildman–Crippen LogP) is 15.2. The number of aromatic nitrogens is 3. The van der Waals surface area contributed by atoms with E-state index in [1.807, 2.05) is 0 Å². The molecule has 0 aliphatic rings. The minimum absolute atomic E-state index is 0.670. The third-order valence-electron chi connectivity index (χ3n) is 11.6. The third-order valence-corrected chi connectivity index (χ3v) is 11.6. The van der Waals surface area contributed by atoms with Crippen LogP contribution in [0.2, 0.25) is 0 Å². The monoisotopic (exact) mass is 777 g/mol. The zero-order valence-corrected chi connectivity index (χ0v) is 33.4. The maximum Gasteiger partial charge on any atom is 0.162 e. The molecule has 9 aromatic carbocycles. The lowest BCUT2D eigenvalue weighted by Crippen LogP contribution is -2.00. The molecule has 0 amide bonds. The molecule has 0 N–H and O–H groups in total. The van der Waals surface area contributed by atoms with Gasteiger partial charge in [0.05, 0.1) is 16.6 Å². The Morgan fingerprint density at radius 1 is 0.279 bits per heavy atom. The average Bonchev–Trinajstić information content (AvgIpc) is 3.69. The van der Waals surface area contributed by atoms with Crippen LogP contribution in [-0.4, -0.2) is 14.5 Å². The maximum absolute atomic E-state index is 5.58. The molecule has 0 aliphatic carbocycles. The van der Waals surface area contributed by atoms with Crippen LogP contribution in [0.3, 0.4) is 0 Å². The summed E-state index contributed by atoms with van der Waals surface area (Å²) < 4.78 is 2.29. The van der Waals surface area contributed by atoms with Gasteiger partial charge in [0.1, 0.15) is 5.65 Å². The van der Waals surface area contributed by atoms with Crippen molar-refractivity contribution in [3.8, 4) is 84.0 Å². The van der Waals surface area contributed by atoms with Crippen molar-refractivity contribution in [2.75, 3.05) is 0 Å². The first-order valence-corrected chi connectivity index (χ1v) is 20.7. The minimum Gasteiger partial charge on any atom is -0.294 e. The number of nitrogens with zero attached hydrogens (tertiary/aromatic N) is 3. The molecule has 2 aromatic heterocycles. The molecular weight excluding hydrogens is 739 g/mol. The van der Waals surface area contributed by atoms with Gasteiger partial charge in [-0.05, 0) is 104 Å². The first-order chi connectivity index (χ1) is 30.2. The number of fused-ring (bicyclic) bond motifs is 3. The summed E-state index contributed by atoms with van der Waals surface area (Å²) in [7, 11) is 0. The Bertz CT molecular complexity index is 3260. The Morgan fingerprint density at radius 2 is 0.672 bits per heavy atom. The molecule has 286 valence electrons. The summed E-state index contributed by atoms with van der Waals surface area (Å²) in [6.45, 7) is 0. The van der Waals surface area contributed by atoms with Crippen LogP contribution < -0.4 is 0 Å². The molecule has 0 atom stereocenters. The molecule has 0 saturated carbocycles. The highest BCUT2D eigenvalue weighted by Crippen LogP contribution is 2.41. The Morgan fingerprint density at radius 3 is 1.26 bits per heavy atom. The van der Waals surface area contributed by atoms with Crippen molar-refractivity contribution in [2.24, 2.45) is 0 Å². The van der Waals surface area contributed by atoms with E-state index in [1.165, 1.54) is 22.3 Å². The van der Waals surface area contributed by atoms with E-state index >= 15 is 0 Å². The topological polar surface area (TPSA) is 30.7 Å². The molecule has 0 radical (unpaired) electrons. The number of benzene rings is 9. The third kappa shape index (κ3) is 6.88. The Balaban J connectivity index is 1.10. The molecule has 0 saturated heterocycles. The fourth-order valence-corrected chi connectivity index (χ4v) is 8.59. The summed E-state index contributed by atoms with van der Waals surface area (Å²) in [5, 5.41) is 2.13. The number of para-hydroxylation sites is 2. The van der Waals surface area contributed by atoms with Crippen LogP contribution in [0.5, 0.6) is 0 Å². The molecular formula is C58H39N3. The molecule has 3 nitrogen and oxygen atoms in total. The van der Waals surface area contributed by atoms with Crippen LogP contribution in [0.25, 0.3) is 106 Å². The molecule has 0 fully saturated rings. The van der Waals surface area contributed by atoms with Gasteiger partial charge in [-0.15, -0.1) is 0 Å². The predicted molar refractivity (Wildman–Crippen MR) is 254 cm³/mol. The number of hydrogen-bond donors (Lipinski definition) is 0. The van der Waals surface area contributed by atoms with E-state index in [4.69, 9.17) is 9.97 Å². The highest BCUT2D eigenvalue weighted by atomic mass is 15.1. The summed E-state index contributed by atoms with van der Waals surface area (Å²) in [6.07, 6.45) is 0. The van der Waals surface area contributed by atoms with Crippen molar-refractivity contribution >= 4 is 21.9 Å². The molecule has 0 spiro atoms. The fourth-order valence-electron chi connectivity index (χ4n) is 8.59. The molecule has 0 bridgehead atoms. The summed E-state index contributed by atoms with van der Waals surface area (Å²) in [5.74, 6) is 0.670. The molecule has 11 aromatic rings.